The molecule has 0 heterocycles. The van der Waals surface area contributed by atoms with Crippen molar-refractivity contribution in [2.45, 2.75) is 20.8 Å². The summed E-state index contributed by atoms with van der Waals surface area (Å²) in [6, 6.07) is 0. The zero-order valence-electron chi connectivity index (χ0n) is 10.4. The van der Waals surface area contributed by atoms with Crippen LogP contribution in [0.25, 0.3) is 0 Å². The zero-order chi connectivity index (χ0) is 14.1. The maximum Gasteiger partial charge on any atom is 0.412 e. The first kappa shape index (κ1) is 15.8. The van der Waals surface area contributed by atoms with E-state index in [1.165, 1.54) is 6.92 Å². The molecule has 8 nitrogen and oxygen atoms in total. The van der Waals surface area contributed by atoms with Gasteiger partial charge in [-0.3, -0.25) is 10.6 Å². The van der Waals surface area contributed by atoms with Gasteiger partial charge in [-0.1, -0.05) is 0 Å². The molecule has 8 heteroatoms. The second-order valence-corrected chi connectivity index (χ2v) is 3.00. The third-order valence-electron chi connectivity index (χ3n) is 1.70. The van der Waals surface area contributed by atoms with Gasteiger partial charge in [-0.25, -0.2) is 14.4 Å². The molecule has 0 bridgehead atoms. The standard InChI is InChI=1S/C10H16N2O6/c1-4-17-9(15)11-7(6(3)8(13)14)12-10(16)18-5-2/h4-5H2,1-3H3,(H,11,15)(H,12,16)(H,13,14). The van der Waals surface area contributed by atoms with Gasteiger partial charge in [0, 0.05) is 0 Å². The van der Waals surface area contributed by atoms with Crippen molar-refractivity contribution in [3.8, 4) is 0 Å². The number of nitrogens with one attached hydrogen (secondary N) is 2. The largest absolute Gasteiger partial charge is 0.478 e. The van der Waals surface area contributed by atoms with E-state index in [1.807, 2.05) is 0 Å². The first-order valence-corrected chi connectivity index (χ1v) is 5.24. The molecule has 2 amide bonds. The lowest BCUT2D eigenvalue weighted by Crippen LogP contribution is -2.37. The fourth-order valence-electron chi connectivity index (χ4n) is 0.864. The molecule has 102 valence electrons. The molecule has 0 unspecified atom stereocenters. The van der Waals surface area contributed by atoms with Crippen molar-refractivity contribution in [3.63, 3.8) is 0 Å². The Kier molecular flexibility index (Phi) is 6.94. The Morgan fingerprint density at radius 2 is 1.39 bits per heavy atom. The number of alkyl carbamates (subject to hydrolysis) is 2. The molecule has 0 rings (SSSR count). The highest BCUT2D eigenvalue weighted by Gasteiger charge is 2.16. The van der Waals surface area contributed by atoms with Gasteiger partial charge >= 0.3 is 18.2 Å². The van der Waals surface area contributed by atoms with Crippen LogP contribution in [0.5, 0.6) is 0 Å². The Hall–Kier alpha value is -2.25. The lowest BCUT2D eigenvalue weighted by atomic mass is 10.3. The summed E-state index contributed by atoms with van der Waals surface area (Å²) in [4.78, 5) is 33.1. The highest BCUT2D eigenvalue weighted by atomic mass is 16.6. The number of carboxylic acids is 1. The molecule has 0 aliphatic rings. The predicted molar refractivity (Wildman–Crippen MR) is 60.7 cm³/mol. The van der Waals surface area contributed by atoms with Gasteiger partial charge < -0.3 is 14.6 Å². The average molecular weight is 260 g/mol. The monoisotopic (exact) mass is 260 g/mol. The Morgan fingerprint density at radius 3 is 1.67 bits per heavy atom. The van der Waals surface area contributed by atoms with E-state index in [2.05, 4.69) is 20.1 Å². The van der Waals surface area contributed by atoms with Crippen LogP contribution < -0.4 is 10.6 Å². The first-order chi connectivity index (χ1) is 8.42. The molecule has 0 aromatic rings. The molecule has 0 aromatic heterocycles. The van der Waals surface area contributed by atoms with Gasteiger partial charge in [-0.15, -0.1) is 0 Å². The molecule has 0 saturated carbocycles. The third-order valence-corrected chi connectivity index (χ3v) is 1.70. The van der Waals surface area contributed by atoms with Crippen LogP contribution in [-0.4, -0.2) is 36.5 Å². The van der Waals surface area contributed by atoms with E-state index in [1.54, 1.807) is 13.8 Å². The summed E-state index contributed by atoms with van der Waals surface area (Å²) >= 11 is 0. The van der Waals surface area contributed by atoms with Crippen LogP contribution >= 0.6 is 0 Å². The van der Waals surface area contributed by atoms with E-state index in [0.717, 1.165) is 0 Å². The summed E-state index contributed by atoms with van der Waals surface area (Å²) in [5.74, 6) is -1.59. The Balaban J connectivity index is 4.85. The van der Waals surface area contributed by atoms with Crippen LogP contribution in [0.1, 0.15) is 20.8 Å². The summed E-state index contributed by atoms with van der Waals surface area (Å²) < 4.78 is 9.15. The summed E-state index contributed by atoms with van der Waals surface area (Å²) in [5, 5.41) is 13.0. The summed E-state index contributed by atoms with van der Waals surface area (Å²) in [7, 11) is 0. The van der Waals surface area contributed by atoms with Crippen LogP contribution in [0.4, 0.5) is 9.59 Å². The fraction of sp³-hybridized carbons (Fsp3) is 0.500. The highest BCUT2D eigenvalue weighted by molar-refractivity contribution is 5.89. The Morgan fingerprint density at radius 1 is 1.00 bits per heavy atom. The van der Waals surface area contributed by atoms with Crippen molar-refractivity contribution in [3.05, 3.63) is 11.4 Å². The van der Waals surface area contributed by atoms with Crippen molar-refractivity contribution in [2.24, 2.45) is 0 Å². The molecule has 0 saturated heterocycles. The fourth-order valence-corrected chi connectivity index (χ4v) is 0.864. The molecule has 0 atom stereocenters. The molecule has 0 aromatic carbocycles. The predicted octanol–water partition coefficient (Wildman–Crippen LogP) is 0.795. The molecular weight excluding hydrogens is 244 g/mol. The van der Waals surface area contributed by atoms with E-state index >= 15 is 0 Å². The van der Waals surface area contributed by atoms with E-state index in [9.17, 15) is 14.4 Å². The van der Waals surface area contributed by atoms with Gasteiger partial charge in [0.05, 0.1) is 18.8 Å². The van der Waals surface area contributed by atoms with Crippen molar-refractivity contribution in [1.82, 2.24) is 10.6 Å². The second-order valence-electron chi connectivity index (χ2n) is 3.00. The van der Waals surface area contributed by atoms with E-state index in [0.29, 0.717) is 0 Å². The van der Waals surface area contributed by atoms with Gasteiger partial charge in [0.2, 0.25) is 0 Å². The molecular formula is C10H16N2O6. The molecule has 0 aliphatic carbocycles. The van der Waals surface area contributed by atoms with Gasteiger partial charge in [-0.2, -0.15) is 0 Å². The number of aliphatic carboxylic acids is 1. The smallest absolute Gasteiger partial charge is 0.412 e. The van der Waals surface area contributed by atoms with Crippen LogP contribution in [0.3, 0.4) is 0 Å². The SMILES string of the molecule is CCOC(=O)NC(NC(=O)OCC)=C(C)C(=O)O. The Labute approximate surface area is 104 Å². The number of hydrogen-bond donors (Lipinski definition) is 3. The van der Waals surface area contributed by atoms with E-state index in [-0.39, 0.29) is 24.6 Å². The summed E-state index contributed by atoms with van der Waals surface area (Å²) in [6.45, 7) is 4.63. The van der Waals surface area contributed by atoms with E-state index < -0.39 is 18.2 Å². The summed E-state index contributed by atoms with van der Waals surface area (Å²) in [6.07, 6.45) is -1.74. The van der Waals surface area contributed by atoms with Crippen LogP contribution in [0.15, 0.2) is 11.4 Å². The Bertz CT molecular complexity index is 341. The van der Waals surface area contributed by atoms with Crippen molar-refractivity contribution in [2.75, 3.05) is 13.2 Å². The highest BCUT2D eigenvalue weighted by Crippen LogP contribution is 1.99. The van der Waals surface area contributed by atoms with Crippen molar-refractivity contribution in [1.29, 1.82) is 0 Å². The number of carbonyl (C=O) groups is 3. The minimum absolute atomic E-state index is 0.116. The van der Waals surface area contributed by atoms with Gasteiger partial charge in [0.25, 0.3) is 0 Å². The summed E-state index contributed by atoms with van der Waals surface area (Å²) in [5.41, 5.74) is -0.254. The normalized spacial score (nSPS) is 9.06. The number of carboxylic acid groups (broad SMARTS) is 1. The van der Waals surface area contributed by atoms with Gasteiger partial charge in [-0.05, 0) is 20.8 Å². The molecule has 3 N–H and O–H groups in total. The van der Waals surface area contributed by atoms with Crippen LogP contribution in [0, 0.1) is 0 Å². The molecule has 0 aliphatic heterocycles. The quantitative estimate of drug-likeness (QED) is 0.630. The topological polar surface area (TPSA) is 114 Å². The maximum atomic E-state index is 11.2. The third kappa shape index (κ3) is 5.73. The molecule has 0 fully saturated rings. The second kappa shape index (κ2) is 7.93. The molecule has 18 heavy (non-hydrogen) atoms. The van der Waals surface area contributed by atoms with Crippen LogP contribution in [0.2, 0.25) is 0 Å². The minimum Gasteiger partial charge on any atom is -0.478 e. The van der Waals surface area contributed by atoms with E-state index in [4.69, 9.17) is 5.11 Å². The number of hydrogen-bond acceptors (Lipinski definition) is 5. The van der Waals surface area contributed by atoms with Crippen LogP contribution in [-0.2, 0) is 14.3 Å². The van der Waals surface area contributed by atoms with Crippen molar-refractivity contribution >= 4 is 18.2 Å². The van der Waals surface area contributed by atoms with Gasteiger partial charge in [0.1, 0.15) is 5.82 Å². The zero-order valence-corrected chi connectivity index (χ0v) is 10.4. The molecule has 0 radical (unpaired) electrons. The maximum absolute atomic E-state index is 11.2. The minimum atomic E-state index is -1.29. The number of ether oxygens (including phenoxy) is 2. The molecule has 0 spiro atoms. The number of amides is 2. The van der Waals surface area contributed by atoms with Crippen molar-refractivity contribution < 1.29 is 29.0 Å². The van der Waals surface area contributed by atoms with Gasteiger partial charge in [0.15, 0.2) is 0 Å². The average Bonchev–Trinajstić information content (AvgIpc) is 2.27. The number of carbonyl (C=O) groups excluding carboxylic acids is 2. The lowest BCUT2D eigenvalue weighted by Gasteiger charge is -2.12. The number of rotatable bonds is 5. The lowest BCUT2D eigenvalue weighted by molar-refractivity contribution is -0.132. The first-order valence-electron chi connectivity index (χ1n) is 5.24.